The van der Waals surface area contributed by atoms with Gasteiger partial charge in [0.1, 0.15) is 5.15 Å². The summed E-state index contributed by atoms with van der Waals surface area (Å²) in [6.45, 7) is 0.429. The second kappa shape index (κ2) is 5.64. The molecule has 1 aromatic heterocycles. The van der Waals surface area contributed by atoms with Gasteiger partial charge in [0.2, 0.25) is 0 Å². The van der Waals surface area contributed by atoms with Gasteiger partial charge in [-0.25, -0.2) is 4.98 Å². The Balaban J connectivity index is 1.89. The minimum absolute atomic E-state index is 0.0507. The van der Waals surface area contributed by atoms with Gasteiger partial charge in [-0.2, -0.15) is 0 Å². The number of rotatable bonds is 1. The number of amides is 1. The number of methoxy groups -OCH3 is 1. The highest BCUT2D eigenvalue weighted by Crippen LogP contribution is 2.31. The van der Waals surface area contributed by atoms with E-state index in [0.717, 1.165) is 31.4 Å². The van der Waals surface area contributed by atoms with Crippen LogP contribution in [0.15, 0.2) is 12.1 Å². The van der Waals surface area contributed by atoms with Crippen molar-refractivity contribution in [2.24, 2.45) is 5.92 Å². The van der Waals surface area contributed by atoms with Crippen LogP contribution in [0.25, 0.3) is 0 Å². The standard InChI is InChI=1S/C15H17ClN2O3/c1-21-15(20)9-2-3-10-4-6-12-11(5-7-13(16)17-12)14(19)18(10)8-9/h5,7,9-10H,2-4,6,8H2,1H3/t9-,10+/m1/s1. The SMILES string of the molecule is COC(=O)[C@@H]1CC[C@H]2CCc3nc(Cl)ccc3C(=O)N2C1. The number of halogens is 1. The maximum Gasteiger partial charge on any atom is 0.310 e. The van der Waals surface area contributed by atoms with Crippen molar-refractivity contribution in [2.75, 3.05) is 13.7 Å². The molecule has 2 aliphatic rings. The average molecular weight is 309 g/mol. The molecule has 1 aromatic rings. The van der Waals surface area contributed by atoms with Crippen molar-refractivity contribution >= 4 is 23.5 Å². The van der Waals surface area contributed by atoms with Gasteiger partial charge in [-0.1, -0.05) is 11.6 Å². The first-order valence-corrected chi connectivity index (χ1v) is 7.52. The number of hydrogen-bond acceptors (Lipinski definition) is 4. The van der Waals surface area contributed by atoms with Gasteiger partial charge in [-0.05, 0) is 37.8 Å². The number of nitrogens with zero attached hydrogens (tertiary/aromatic N) is 2. The Morgan fingerprint density at radius 1 is 1.38 bits per heavy atom. The van der Waals surface area contributed by atoms with Gasteiger partial charge in [-0.3, -0.25) is 9.59 Å². The second-order valence-corrected chi connectivity index (χ2v) is 5.96. The minimum Gasteiger partial charge on any atom is -0.469 e. The number of carbonyl (C=O) groups is 2. The van der Waals surface area contributed by atoms with Crippen molar-refractivity contribution in [3.05, 3.63) is 28.5 Å². The van der Waals surface area contributed by atoms with E-state index in [1.165, 1.54) is 7.11 Å². The Kier molecular flexibility index (Phi) is 3.85. The quantitative estimate of drug-likeness (QED) is 0.589. The third-order valence-corrected chi connectivity index (χ3v) is 4.60. The summed E-state index contributed by atoms with van der Waals surface area (Å²) in [4.78, 5) is 30.6. The molecule has 0 bridgehead atoms. The Hall–Kier alpha value is -1.62. The minimum atomic E-state index is -0.236. The van der Waals surface area contributed by atoms with Gasteiger partial charge in [0.15, 0.2) is 0 Å². The van der Waals surface area contributed by atoms with Crippen LogP contribution in [0.3, 0.4) is 0 Å². The molecule has 6 heteroatoms. The molecule has 5 nitrogen and oxygen atoms in total. The number of aryl methyl sites for hydroxylation is 1. The fourth-order valence-corrected chi connectivity index (χ4v) is 3.42. The topological polar surface area (TPSA) is 59.5 Å². The number of hydrogen-bond donors (Lipinski definition) is 0. The molecule has 0 spiro atoms. The van der Waals surface area contributed by atoms with Crippen molar-refractivity contribution in [1.82, 2.24) is 9.88 Å². The molecule has 1 saturated heterocycles. The predicted molar refractivity (Wildman–Crippen MR) is 77.1 cm³/mol. The molecule has 0 aromatic carbocycles. The number of carbonyl (C=O) groups excluding carboxylic acids is 2. The maximum absolute atomic E-state index is 12.7. The van der Waals surface area contributed by atoms with E-state index < -0.39 is 0 Å². The highest BCUT2D eigenvalue weighted by Gasteiger charge is 2.38. The first-order chi connectivity index (χ1) is 10.1. The van der Waals surface area contributed by atoms with E-state index in [4.69, 9.17) is 16.3 Å². The molecule has 112 valence electrons. The number of pyridine rings is 1. The van der Waals surface area contributed by atoms with E-state index in [0.29, 0.717) is 17.3 Å². The highest BCUT2D eigenvalue weighted by molar-refractivity contribution is 6.29. The fourth-order valence-electron chi connectivity index (χ4n) is 3.25. The summed E-state index contributed by atoms with van der Waals surface area (Å²) < 4.78 is 4.81. The maximum atomic E-state index is 12.7. The average Bonchev–Trinajstić information content (AvgIpc) is 2.63. The van der Waals surface area contributed by atoms with Crippen LogP contribution in [0.1, 0.15) is 35.3 Å². The normalized spacial score (nSPS) is 24.9. The van der Waals surface area contributed by atoms with Gasteiger partial charge in [0.25, 0.3) is 5.91 Å². The monoisotopic (exact) mass is 308 g/mol. The zero-order chi connectivity index (χ0) is 15.0. The van der Waals surface area contributed by atoms with E-state index in [2.05, 4.69) is 4.98 Å². The summed E-state index contributed by atoms with van der Waals surface area (Å²) in [5, 5.41) is 0.411. The summed E-state index contributed by atoms with van der Waals surface area (Å²) in [5.74, 6) is -0.512. The molecule has 2 atom stereocenters. The first kappa shape index (κ1) is 14.3. The van der Waals surface area contributed by atoms with Crippen LogP contribution in [-0.2, 0) is 16.0 Å². The molecule has 0 saturated carbocycles. The number of esters is 1. The summed E-state index contributed by atoms with van der Waals surface area (Å²) in [7, 11) is 1.39. The number of ether oxygens (including phenoxy) is 1. The van der Waals surface area contributed by atoms with Gasteiger partial charge in [0.05, 0.1) is 24.3 Å². The Morgan fingerprint density at radius 2 is 2.19 bits per heavy atom. The Labute approximate surface area is 128 Å². The first-order valence-electron chi connectivity index (χ1n) is 7.14. The van der Waals surface area contributed by atoms with Crippen molar-refractivity contribution in [3.63, 3.8) is 0 Å². The van der Waals surface area contributed by atoms with Crippen LogP contribution in [0.2, 0.25) is 5.15 Å². The third kappa shape index (κ3) is 2.62. The molecular weight excluding hydrogens is 292 g/mol. The van der Waals surface area contributed by atoms with E-state index in [1.54, 1.807) is 12.1 Å². The molecule has 0 unspecified atom stereocenters. The lowest BCUT2D eigenvalue weighted by atomic mass is 9.91. The van der Waals surface area contributed by atoms with Crippen LogP contribution >= 0.6 is 11.6 Å². The summed E-state index contributed by atoms with van der Waals surface area (Å²) in [6, 6.07) is 3.55. The van der Waals surface area contributed by atoms with E-state index in [-0.39, 0.29) is 23.8 Å². The van der Waals surface area contributed by atoms with Gasteiger partial charge in [0, 0.05) is 12.6 Å². The van der Waals surface area contributed by atoms with Crippen LogP contribution in [-0.4, -0.2) is 41.5 Å². The Morgan fingerprint density at radius 3 is 2.95 bits per heavy atom. The lowest BCUT2D eigenvalue weighted by Gasteiger charge is -2.37. The molecule has 3 rings (SSSR count). The molecule has 0 radical (unpaired) electrons. The summed E-state index contributed by atoms with van der Waals surface area (Å²) in [6.07, 6.45) is 3.20. The largest absolute Gasteiger partial charge is 0.469 e. The molecular formula is C15H17ClN2O3. The smallest absolute Gasteiger partial charge is 0.310 e. The lowest BCUT2D eigenvalue weighted by Crippen LogP contribution is -2.48. The second-order valence-electron chi connectivity index (χ2n) is 5.58. The predicted octanol–water partition coefficient (Wildman–Crippen LogP) is 2.08. The van der Waals surface area contributed by atoms with Crippen molar-refractivity contribution in [3.8, 4) is 0 Å². The molecule has 0 aliphatic carbocycles. The molecule has 1 fully saturated rings. The van der Waals surface area contributed by atoms with Crippen LogP contribution in [0.4, 0.5) is 0 Å². The van der Waals surface area contributed by atoms with Gasteiger partial charge in [-0.15, -0.1) is 0 Å². The zero-order valence-electron chi connectivity index (χ0n) is 11.8. The lowest BCUT2D eigenvalue weighted by molar-refractivity contribution is -0.147. The fraction of sp³-hybridized carbons (Fsp3) is 0.533. The zero-order valence-corrected chi connectivity index (χ0v) is 12.6. The molecule has 1 amide bonds. The van der Waals surface area contributed by atoms with Crippen LogP contribution in [0.5, 0.6) is 0 Å². The number of piperidine rings is 1. The van der Waals surface area contributed by atoms with Gasteiger partial charge < -0.3 is 9.64 Å². The summed E-state index contributed by atoms with van der Waals surface area (Å²) in [5.41, 5.74) is 1.36. The Bertz CT molecular complexity index is 590. The summed E-state index contributed by atoms with van der Waals surface area (Å²) >= 11 is 5.92. The van der Waals surface area contributed by atoms with E-state index in [9.17, 15) is 9.59 Å². The van der Waals surface area contributed by atoms with Gasteiger partial charge >= 0.3 is 5.97 Å². The molecule has 2 aliphatic heterocycles. The molecule has 0 N–H and O–H groups in total. The number of fused-ring (bicyclic) bond motifs is 2. The molecule has 21 heavy (non-hydrogen) atoms. The van der Waals surface area contributed by atoms with E-state index >= 15 is 0 Å². The van der Waals surface area contributed by atoms with Crippen LogP contribution < -0.4 is 0 Å². The van der Waals surface area contributed by atoms with Crippen LogP contribution in [0, 0.1) is 5.92 Å². The van der Waals surface area contributed by atoms with E-state index in [1.807, 2.05) is 4.90 Å². The van der Waals surface area contributed by atoms with Crippen molar-refractivity contribution < 1.29 is 14.3 Å². The number of aromatic nitrogens is 1. The van der Waals surface area contributed by atoms with Crippen molar-refractivity contribution in [2.45, 2.75) is 31.7 Å². The highest BCUT2D eigenvalue weighted by atomic mass is 35.5. The van der Waals surface area contributed by atoms with Crippen molar-refractivity contribution in [1.29, 1.82) is 0 Å². The molecule has 3 heterocycles. The third-order valence-electron chi connectivity index (χ3n) is 4.39.